The molecule has 68 valence electrons. The molecule has 0 bridgehead atoms. The Kier molecular flexibility index (Phi) is 4.41. The summed E-state index contributed by atoms with van der Waals surface area (Å²) >= 11 is 0. The fourth-order valence-electron chi connectivity index (χ4n) is 1.13. The molecule has 0 radical (unpaired) electrons. The van der Waals surface area contributed by atoms with Crippen molar-refractivity contribution >= 4 is 0 Å². The number of aromatic amines is 1. The van der Waals surface area contributed by atoms with Crippen molar-refractivity contribution in [1.29, 1.82) is 0 Å². The number of nitrogens with zero attached hydrogens (tertiary/aromatic N) is 2. The van der Waals surface area contributed by atoms with Crippen molar-refractivity contribution in [1.82, 2.24) is 15.0 Å². The first-order chi connectivity index (χ1) is 5.89. The number of hydrogen-bond acceptors (Lipinski definition) is 3. The van der Waals surface area contributed by atoms with E-state index in [0.29, 0.717) is 0 Å². The zero-order valence-corrected chi connectivity index (χ0v) is 7.24. The Labute approximate surface area is 72.8 Å². The number of H-pyrrole nitrogens is 1. The molecule has 12 heavy (non-hydrogen) atoms. The lowest BCUT2D eigenvalue weighted by atomic mass is 10.2. The van der Waals surface area contributed by atoms with Gasteiger partial charge in [0.2, 0.25) is 0 Å². The normalized spacial score (nSPS) is 18.1. The molecule has 1 fully saturated rings. The number of rotatable bonds is 0. The fourth-order valence-corrected chi connectivity index (χ4v) is 1.13. The van der Waals surface area contributed by atoms with Crippen molar-refractivity contribution in [3.8, 4) is 0 Å². The molecule has 2 rings (SSSR count). The quantitative estimate of drug-likeness (QED) is 0.562. The minimum absolute atomic E-state index is 1.10. The van der Waals surface area contributed by atoms with E-state index in [1.54, 1.807) is 18.7 Å². The van der Waals surface area contributed by atoms with Crippen LogP contribution in [0.2, 0.25) is 0 Å². The van der Waals surface area contributed by atoms with Crippen LogP contribution in [0, 0.1) is 0 Å². The summed E-state index contributed by atoms with van der Waals surface area (Å²) in [5, 5.41) is 1.89. The van der Waals surface area contributed by atoms with Crippen LogP contribution in [0.25, 0.3) is 0 Å². The number of imidazole rings is 1. The van der Waals surface area contributed by atoms with Gasteiger partial charge in [0.05, 0.1) is 6.33 Å². The number of nitrogens with one attached hydrogen (secondary N) is 1. The van der Waals surface area contributed by atoms with Crippen molar-refractivity contribution in [2.75, 3.05) is 13.1 Å². The maximum atomic E-state index is 5.47. The smallest absolute Gasteiger partial charge is 0.0919 e. The minimum Gasteiger partial charge on any atom is -0.351 e. The highest BCUT2D eigenvalue weighted by Crippen LogP contribution is 2.03. The van der Waals surface area contributed by atoms with Gasteiger partial charge in [-0.05, 0) is 12.8 Å². The van der Waals surface area contributed by atoms with Crippen LogP contribution in [0.5, 0.6) is 0 Å². The second kappa shape index (κ2) is 5.74. The molecular weight excluding hydrogens is 152 g/mol. The van der Waals surface area contributed by atoms with Crippen LogP contribution < -0.4 is 5.84 Å². The van der Waals surface area contributed by atoms with E-state index in [1.165, 1.54) is 19.3 Å². The summed E-state index contributed by atoms with van der Waals surface area (Å²) in [4.78, 5) is 6.42. The maximum Gasteiger partial charge on any atom is 0.0919 e. The lowest BCUT2D eigenvalue weighted by Gasteiger charge is -2.20. The van der Waals surface area contributed by atoms with Gasteiger partial charge >= 0.3 is 0 Å². The molecular formula is C8H16N4. The molecule has 1 aliphatic rings. The van der Waals surface area contributed by atoms with Crippen molar-refractivity contribution < 1.29 is 0 Å². The monoisotopic (exact) mass is 168 g/mol. The molecule has 1 aliphatic heterocycles. The van der Waals surface area contributed by atoms with E-state index in [9.17, 15) is 0 Å². The number of piperidine rings is 1. The second-order valence-electron chi connectivity index (χ2n) is 2.86. The minimum atomic E-state index is 1.10. The van der Waals surface area contributed by atoms with Crippen molar-refractivity contribution in [2.24, 2.45) is 5.84 Å². The lowest BCUT2D eigenvalue weighted by molar-refractivity contribution is 0.235. The standard InChI is InChI=1S/C5H12N2.C3H4N2/c6-7-4-2-1-3-5-7;1-2-5-3-4-1/h1-6H2;1-3H,(H,4,5). The molecule has 0 amide bonds. The van der Waals surface area contributed by atoms with Gasteiger partial charge in [0, 0.05) is 25.5 Å². The van der Waals surface area contributed by atoms with Gasteiger partial charge in [0.25, 0.3) is 0 Å². The second-order valence-corrected chi connectivity index (χ2v) is 2.86. The number of hydrogen-bond donors (Lipinski definition) is 2. The highest BCUT2D eigenvalue weighted by atomic mass is 15.4. The third kappa shape index (κ3) is 4.10. The summed E-state index contributed by atoms with van der Waals surface area (Å²) in [5.41, 5.74) is 0. The molecule has 0 unspecified atom stereocenters. The number of nitrogens with two attached hydrogens (primary N) is 1. The topological polar surface area (TPSA) is 57.9 Å². The van der Waals surface area contributed by atoms with Gasteiger partial charge < -0.3 is 4.98 Å². The van der Waals surface area contributed by atoms with Crippen molar-refractivity contribution in [2.45, 2.75) is 19.3 Å². The van der Waals surface area contributed by atoms with Crippen molar-refractivity contribution in [3.05, 3.63) is 18.7 Å². The van der Waals surface area contributed by atoms with Crippen LogP contribution in [-0.4, -0.2) is 28.1 Å². The average molecular weight is 168 g/mol. The molecule has 4 heteroatoms. The molecule has 1 saturated heterocycles. The van der Waals surface area contributed by atoms with Crippen LogP contribution in [-0.2, 0) is 0 Å². The molecule has 0 aromatic carbocycles. The van der Waals surface area contributed by atoms with Crippen LogP contribution in [0.3, 0.4) is 0 Å². The largest absolute Gasteiger partial charge is 0.351 e. The van der Waals surface area contributed by atoms with Gasteiger partial charge in [-0.2, -0.15) is 0 Å². The summed E-state index contributed by atoms with van der Waals surface area (Å²) in [6.07, 6.45) is 9.03. The number of hydrazine groups is 1. The van der Waals surface area contributed by atoms with E-state index in [1.807, 2.05) is 5.01 Å². The molecule has 3 N–H and O–H groups in total. The van der Waals surface area contributed by atoms with E-state index in [2.05, 4.69) is 9.97 Å². The summed E-state index contributed by atoms with van der Waals surface area (Å²) in [7, 11) is 0. The van der Waals surface area contributed by atoms with Crippen LogP contribution >= 0.6 is 0 Å². The highest BCUT2D eigenvalue weighted by Gasteiger charge is 2.02. The van der Waals surface area contributed by atoms with Gasteiger partial charge in [0.15, 0.2) is 0 Å². The Hall–Kier alpha value is -0.870. The van der Waals surface area contributed by atoms with Gasteiger partial charge in [-0.15, -0.1) is 0 Å². The van der Waals surface area contributed by atoms with Gasteiger partial charge in [0.1, 0.15) is 0 Å². The van der Waals surface area contributed by atoms with Crippen molar-refractivity contribution in [3.63, 3.8) is 0 Å². The first kappa shape index (κ1) is 9.22. The van der Waals surface area contributed by atoms with E-state index >= 15 is 0 Å². The summed E-state index contributed by atoms with van der Waals surface area (Å²) in [5.74, 6) is 5.47. The molecule has 4 nitrogen and oxygen atoms in total. The Bertz CT molecular complexity index is 150. The first-order valence-corrected chi connectivity index (χ1v) is 4.32. The molecule has 0 atom stereocenters. The molecule has 0 aliphatic carbocycles. The zero-order chi connectivity index (χ0) is 8.65. The Morgan fingerprint density at radius 3 is 2.25 bits per heavy atom. The van der Waals surface area contributed by atoms with E-state index in [0.717, 1.165) is 13.1 Å². The molecule has 1 aromatic rings. The predicted molar refractivity (Wildman–Crippen MR) is 48.2 cm³/mol. The summed E-state index contributed by atoms with van der Waals surface area (Å²) in [6.45, 7) is 2.19. The SMILES string of the molecule is NN1CCCCC1.c1c[nH]cn1. The van der Waals surface area contributed by atoms with Crippen LogP contribution in [0.4, 0.5) is 0 Å². The molecule has 2 heterocycles. The first-order valence-electron chi connectivity index (χ1n) is 4.32. The fraction of sp³-hybridized carbons (Fsp3) is 0.625. The Morgan fingerprint density at radius 2 is 2.00 bits per heavy atom. The molecule has 0 spiro atoms. The molecule has 1 aromatic heterocycles. The Balaban J connectivity index is 0.000000127. The lowest BCUT2D eigenvalue weighted by Crippen LogP contribution is -2.35. The summed E-state index contributed by atoms with van der Waals surface area (Å²) in [6, 6.07) is 0. The maximum absolute atomic E-state index is 5.47. The van der Waals surface area contributed by atoms with Crippen LogP contribution in [0.1, 0.15) is 19.3 Å². The summed E-state index contributed by atoms with van der Waals surface area (Å²) < 4.78 is 0. The Morgan fingerprint density at radius 1 is 1.25 bits per heavy atom. The highest BCUT2D eigenvalue weighted by molar-refractivity contribution is 4.64. The number of aromatic nitrogens is 2. The third-order valence-corrected chi connectivity index (χ3v) is 1.80. The van der Waals surface area contributed by atoms with Crippen LogP contribution in [0.15, 0.2) is 18.7 Å². The molecule has 0 saturated carbocycles. The zero-order valence-electron chi connectivity index (χ0n) is 7.24. The third-order valence-electron chi connectivity index (χ3n) is 1.80. The van der Waals surface area contributed by atoms with E-state index < -0.39 is 0 Å². The average Bonchev–Trinajstić information content (AvgIpc) is 2.62. The van der Waals surface area contributed by atoms with Gasteiger partial charge in [-0.3, -0.25) is 5.84 Å². The van der Waals surface area contributed by atoms with E-state index in [-0.39, 0.29) is 0 Å². The van der Waals surface area contributed by atoms with Gasteiger partial charge in [-0.1, -0.05) is 6.42 Å². The van der Waals surface area contributed by atoms with E-state index in [4.69, 9.17) is 5.84 Å². The van der Waals surface area contributed by atoms with Gasteiger partial charge in [-0.25, -0.2) is 9.99 Å². The predicted octanol–water partition coefficient (Wildman–Crippen LogP) is 0.756.